The summed E-state index contributed by atoms with van der Waals surface area (Å²) < 4.78 is 11.1. The van der Waals surface area contributed by atoms with Crippen LogP contribution in [0.1, 0.15) is 45.4 Å². The standard InChI is InChI=1S/C18H24O3/c1-11(19)21-18-9-16-13-4-2-3-12(13)5-6-14(16)17-10-20-8-7-15(17)18/h7-8,10,12-16,18H,2-6,9H2,1H3. The minimum Gasteiger partial charge on any atom is -0.473 e. The maximum absolute atomic E-state index is 11.5. The topological polar surface area (TPSA) is 35.5 Å². The Morgan fingerprint density at radius 2 is 2.14 bits per heavy atom. The Morgan fingerprint density at radius 3 is 3.00 bits per heavy atom. The molecule has 6 unspecified atom stereocenters. The molecule has 0 bridgehead atoms. The second-order valence-electron chi connectivity index (χ2n) is 7.19. The van der Waals surface area contributed by atoms with Gasteiger partial charge in [-0.1, -0.05) is 12.8 Å². The Labute approximate surface area is 126 Å². The molecule has 21 heavy (non-hydrogen) atoms. The van der Waals surface area contributed by atoms with Crippen LogP contribution < -0.4 is 0 Å². The minimum atomic E-state index is -0.156. The van der Waals surface area contributed by atoms with Crippen LogP contribution in [0.3, 0.4) is 0 Å². The predicted octanol–water partition coefficient (Wildman–Crippen LogP) is 3.81. The van der Waals surface area contributed by atoms with E-state index in [1.165, 1.54) is 44.6 Å². The van der Waals surface area contributed by atoms with Crippen molar-refractivity contribution in [1.82, 2.24) is 0 Å². The van der Waals surface area contributed by atoms with E-state index < -0.39 is 0 Å². The average molecular weight is 288 g/mol. The Balaban J connectivity index is 1.64. The molecule has 4 aliphatic rings. The lowest BCUT2D eigenvalue weighted by Crippen LogP contribution is -2.45. The summed E-state index contributed by atoms with van der Waals surface area (Å²) in [6.45, 7) is 1.53. The van der Waals surface area contributed by atoms with E-state index in [2.05, 4.69) is 6.08 Å². The third kappa shape index (κ3) is 2.21. The molecule has 0 saturated heterocycles. The summed E-state index contributed by atoms with van der Waals surface area (Å²) in [4.78, 5) is 11.5. The number of carbonyl (C=O) groups excluding carboxylic acids is 1. The van der Waals surface area contributed by atoms with Gasteiger partial charge in [0.1, 0.15) is 6.10 Å². The van der Waals surface area contributed by atoms with Crippen LogP contribution in [0.25, 0.3) is 0 Å². The fourth-order valence-corrected chi connectivity index (χ4v) is 5.51. The number of ether oxygens (including phenoxy) is 2. The largest absolute Gasteiger partial charge is 0.473 e. The third-order valence-electron chi connectivity index (χ3n) is 6.24. The normalized spacial score (nSPS) is 44.0. The molecule has 3 nitrogen and oxygen atoms in total. The van der Waals surface area contributed by atoms with Crippen LogP contribution in [-0.2, 0) is 14.3 Å². The van der Waals surface area contributed by atoms with E-state index in [0.29, 0.717) is 11.8 Å². The van der Waals surface area contributed by atoms with Gasteiger partial charge in [0, 0.05) is 12.8 Å². The van der Waals surface area contributed by atoms with Crippen molar-refractivity contribution < 1.29 is 14.3 Å². The van der Waals surface area contributed by atoms with E-state index in [0.717, 1.165) is 18.3 Å². The van der Waals surface area contributed by atoms with E-state index in [9.17, 15) is 4.79 Å². The zero-order chi connectivity index (χ0) is 14.4. The van der Waals surface area contributed by atoms with Crippen LogP contribution in [0.5, 0.6) is 0 Å². The monoisotopic (exact) mass is 288 g/mol. The maximum Gasteiger partial charge on any atom is 0.302 e. The van der Waals surface area contributed by atoms with Crippen LogP contribution >= 0.6 is 0 Å². The second-order valence-corrected chi connectivity index (χ2v) is 7.19. The molecule has 3 aliphatic carbocycles. The summed E-state index contributed by atoms with van der Waals surface area (Å²) in [5.41, 5.74) is 1.38. The van der Waals surface area contributed by atoms with Gasteiger partial charge in [-0.15, -0.1) is 0 Å². The summed E-state index contributed by atoms with van der Waals surface area (Å²) in [6, 6.07) is 0. The highest BCUT2D eigenvalue weighted by Crippen LogP contribution is 2.56. The van der Waals surface area contributed by atoms with Crippen molar-refractivity contribution >= 4 is 5.97 Å². The first kappa shape index (κ1) is 13.4. The van der Waals surface area contributed by atoms with Gasteiger partial charge in [0.2, 0.25) is 0 Å². The molecule has 114 valence electrons. The fraction of sp³-hybridized carbons (Fsp3) is 0.722. The number of carbonyl (C=O) groups is 1. The maximum atomic E-state index is 11.5. The van der Waals surface area contributed by atoms with Gasteiger partial charge in [-0.25, -0.2) is 0 Å². The van der Waals surface area contributed by atoms with Crippen molar-refractivity contribution in [2.24, 2.45) is 29.6 Å². The zero-order valence-electron chi connectivity index (χ0n) is 12.7. The summed E-state index contributed by atoms with van der Waals surface area (Å²) in [5, 5.41) is 0. The van der Waals surface area contributed by atoms with Crippen molar-refractivity contribution in [2.45, 2.75) is 51.6 Å². The van der Waals surface area contributed by atoms with Gasteiger partial charge < -0.3 is 9.47 Å². The highest BCUT2D eigenvalue weighted by atomic mass is 16.5. The predicted molar refractivity (Wildman–Crippen MR) is 79.0 cm³/mol. The molecule has 0 amide bonds. The molecular weight excluding hydrogens is 264 g/mol. The minimum absolute atomic E-state index is 0.00880. The van der Waals surface area contributed by atoms with Crippen molar-refractivity contribution in [3.63, 3.8) is 0 Å². The molecule has 0 aromatic rings. The molecule has 1 aliphatic heterocycles. The molecule has 6 atom stereocenters. The second kappa shape index (κ2) is 5.19. The smallest absolute Gasteiger partial charge is 0.302 e. The van der Waals surface area contributed by atoms with Gasteiger partial charge in [-0.2, -0.15) is 0 Å². The third-order valence-corrected chi connectivity index (χ3v) is 6.24. The molecule has 3 fully saturated rings. The number of fused-ring (bicyclic) bond motifs is 5. The van der Waals surface area contributed by atoms with Crippen molar-refractivity contribution in [3.8, 4) is 0 Å². The van der Waals surface area contributed by atoms with Crippen LogP contribution in [0.2, 0.25) is 0 Å². The Hall–Kier alpha value is -1.25. The van der Waals surface area contributed by atoms with Crippen LogP contribution in [0, 0.1) is 29.6 Å². The quantitative estimate of drug-likeness (QED) is 0.688. The highest BCUT2D eigenvalue weighted by molar-refractivity contribution is 5.66. The number of rotatable bonds is 1. The Morgan fingerprint density at radius 1 is 1.24 bits per heavy atom. The lowest BCUT2D eigenvalue weighted by Gasteiger charge is -2.49. The van der Waals surface area contributed by atoms with E-state index in [4.69, 9.17) is 9.47 Å². The molecule has 0 radical (unpaired) electrons. The highest BCUT2D eigenvalue weighted by Gasteiger charge is 2.50. The van der Waals surface area contributed by atoms with Crippen molar-refractivity contribution in [2.75, 3.05) is 0 Å². The van der Waals surface area contributed by atoms with E-state index in [1.807, 2.05) is 6.26 Å². The Kier molecular flexibility index (Phi) is 3.31. The molecule has 3 saturated carbocycles. The molecule has 0 spiro atoms. The molecule has 4 rings (SSSR count). The Bertz CT molecular complexity index is 493. The summed E-state index contributed by atoms with van der Waals surface area (Å²) in [5.74, 6) is 3.17. The number of hydrogen-bond acceptors (Lipinski definition) is 3. The summed E-state index contributed by atoms with van der Waals surface area (Å²) in [7, 11) is 0. The van der Waals surface area contributed by atoms with Crippen molar-refractivity contribution in [3.05, 3.63) is 24.2 Å². The zero-order valence-corrected chi connectivity index (χ0v) is 12.7. The average Bonchev–Trinajstić information content (AvgIpc) is 2.95. The first-order valence-electron chi connectivity index (χ1n) is 8.43. The van der Waals surface area contributed by atoms with Gasteiger partial charge in [-0.3, -0.25) is 4.79 Å². The first-order valence-corrected chi connectivity index (χ1v) is 8.43. The van der Waals surface area contributed by atoms with Gasteiger partial charge in [0.25, 0.3) is 0 Å². The first-order chi connectivity index (χ1) is 10.2. The van der Waals surface area contributed by atoms with Crippen LogP contribution in [-0.4, -0.2) is 12.1 Å². The van der Waals surface area contributed by atoms with Gasteiger partial charge >= 0.3 is 5.97 Å². The summed E-state index contributed by atoms with van der Waals surface area (Å²) >= 11 is 0. The lowest BCUT2D eigenvalue weighted by molar-refractivity contribution is -0.151. The SMILES string of the molecule is CC(=O)OC1CC2C(CCC3CCCC32)C2=COC=CC21. The molecule has 0 aromatic heterocycles. The van der Waals surface area contributed by atoms with Crippen LogP contribution in [0.4, 0.5) is 0 Å². The number of esters is 1. The van der Waals surface area contributed by atoms with Gasteiger partial charge in [0.05, 0.1) is 12.5 Å². The summed E-state index contributed by atoms with van der Waals surface area (Å²) in [6.07, 6.45) is 13.6. The molecule has 3 heteroatoms. The fourth-order valence-electron chi connectivity index (χ4n) is 5.51. The van der Waals surface area contributed by atoms with E-state index in [1.54, 1.807) is 6.26 Å². The molecular formula is C18H24O3. The van der Waals surface area contributed by atoms with Crippen molar-refractivity contribution in [1.29, 1.82) is 0 Å². The lowest BCUT2D eigenvalue weighted by atomic mass is 9.58. The molecule has 0 aromatic carbocycles. The molecule has 0 N–H and O–H groups in total. The van der Waals surface area contributed by atoms with E-state index in [-0.39, 0.29) is 18.0 Å². The van der Waals surface area contributed by atoms with E-state index >= 15 is 0 Å². The van der Waals surface area contributed by atoms with Crippen LogP contribution in [0.15, 0.2) is 24.2 Å². The number of hydrogen-bond donors (Lipinski definition) is 0. The van der Waals surface area contributed by atoms with Gasteiger partial charge in [-0.05, 0) is 61.0 Å². The molecule has 1 heterocycles. The van der Waals surface area contributed by atoms with Gasteiger partial charge in [0.15, 0.2) is 0 Å².